The van der Waals surface area contributed by atoms with Gasteiger partial charge in [0.15, 0.2) is 0 Å². The quantitative estimate of drug-likeness (QED) is 0.239. The van der Waals surface area contributed by atoms with Crippen molar-refractivity contribution >= 4 is 17.7 Å². The Balaban J connectivity index is 1.73. The summed E-state index contributed by atoms with van der Waals surface area (Å²) in [5.41, 5.74) is 8.71. The monoisotopic (exact) mass is 446 g/mol. The summed E-state index contributed by atoms with van der Waals surface area (Å²) in [6.07, 6.45) is 1.88. The van der Waals surface area contributed by atoms with Crippen LogP contribution in [0.3, 0.4) is 0 Å². The van der Waals surface area contributed by atoms with Gasteiger partial charge >= 0.3 is 5.97 Å². The molecule has 3 aromatic rings. The lowest BCUT2D eigenvalue weighted by molar-refractivity contribution is -0.146. The highest BCUT2D eigenvalue weighted by Crippen LogP contribution is 2.19. The van der Waals surface area contributed by atoms with E-state index in [1.165, 1.54) is 13.2 Å². The topological polar surface area (TPSA) is 138 Å². The minimum atomic E-state index is -0.628. The first-order valence-electron chi connectivity index (χ1n) is 10.4. The van der Waals surface area contributed by atoms with Crippen LogP contribution in [-0.4, -0.2) is 35.8 Å². The zero-order chi connectivity index (χ0) is 24.0. The molecule has 0 bridgehead atoms. The number of amidine groups is 1. The predicted molar refractivity (Wildman–Crippen MR) is 126 cm³/mol. The summed E-state index contributed by atoms with van der Waals surface area (Å²) in [5.74, 6) is -1.46. The van der Waals surface area contributed by atoms with Gasteiger partial charge in [-0.2, -0.15) is 0 Å². The highest BCUT2D eigenvalue weighted by molar-refractivity contribution is 5.95. The lowest BCUT2D eigenvalue weighted by atomic mass is 9.92. The highest BCUT2D eigenvalue weighted by Gasteiger charge is 2.28. The van der Waals surface area contributed by atoms with E-state index < -0.39 is 17.9 Å². The van der Waals surface area contributed by atoms with Gasteiger partial charge in [0.05, 0.1) is 13.0 Å². The fourth-order valence-corrected chi connectivity index (χ4v) is 3.56. The third-order valence-electron chi connectivity index (χ3n) is 5.42. The second-order valence-corrected chi connectivity index (χ2v) is 7.73. The molecule has 1 heterocycles. The summed E-state index contributed by atoms with van der Waals surface area (Å²) < 4.78 is 4.96. The van der Waals surface area contributed by atoms with Crippen LogP contribution in [-0.2, 0) is 16.0 Å². The number of pyridine rings is 1. The molecule has 0 unspecified atom stereocenters. The fourth-order valence-electron chi connectivity index (χ4n) is 3.56. The molecule has 33 heavy (non-hydrogen) atoms. The minimum absolute atomic E-state index is 0.0589. The molecular weight excluding hydrogens is 420 g/mol. The lowest BCUT2D eigenvalue weighted by Crippen LogP contribution is -2.42. The summed E-state index contributed by atoms with van der Waals surface area (Å²) >= 11 is 0. The van der Waals surface area contributed by atoms with Gasteiger partial charge in [-0.15, -0.1) is 0 Å². The number of nitrogens with two attached hydrogens (primary N) is 1. The summed E-state index contributed by atoms with van der Waals surface area (Å²) in [6, 6.07) is 16.7. The van der Waals surface area contributed by atoms with E-state index >= 15 is 0 Å². The molecule has 1 aromatic heterocycles. The normalized spacial score (nSPS) is 12.4. The number of carbonyl (C=O) groups is 2. The number of hydrogen-bond donors (Lipinski definition) is 4. The number of aromatic amines is 1. The van der Waals surface area contributed by atoms with E-state index in [0.29, 0.717) is 17.5 Å². The molecule has 5 N–H and O–H groups in total. The van der Waals surface area contributed by atoms with Gasteiger partial charge < -0.3 is 20.8 Å². The standard InChI is InChI=1S/C25H26N4O4/c1-15(21(25(32)33-2)13-16-4-3-5-20(12-16)23(26)27)29-24(31)18-8-6-17(7-9-18)19-10-11-28-22(30)14-19/h3-12,14-15,21H,13H2,1-2H3,(H3,26,27)(H,28,30)(H,29,31)/t15-,21-/m1/s1. The molecule has 8 heteroatoms. The van der Waals surface area contributed by atoms with Crippen LogP contribution < -0.4 is 16.6 Å². The number of amides is 1. The molecule has 0 fully saturated rings. The Morgan fingerprint density at radius 3 is 2.42 bits per heavy atom. The van der Waals surface area contributed by atoms with Crippen LogP contribution in [0.25, 0.3) is 11.1 Å². The molecule has 0 aliphatic carbocycles. The Morgan fingerprint density at radius 1 is 1.06 bits per heavy atom. The second kappa shape index (κ2) is 10.4. The van der Waals surface area contributed by atoms with Crippen molar-refractivity contribution in [2.75, 3.05) is 7.11 Å². The van der Waals surface area contributed by atoms with E-state index in [0.717, 1.165) is 16.7 Å². The number of hydrogen-bond acceptors (Lipinski definition) is 5. The van der Waals surface area contributed by atoms with E-state index in [2.05, 4.69) is 10.3 Å². The van der Waals surface area contributed by atoms with E-state index in [9.17, 15) is 14.4 Å². The Labute approximate surface area is 191 Å². The van der Waals surface area contributed by atoms with Crippen molar-refractivity contribution in [2.24, 2.45) is 11.7 Å². The van der Waals surface area contributed by atoms with Crippen LogP contribution in [0.1, 0.15) is 28.4 Å². The number of benzene rings is 2. The van der Waals surface area contributed by atoms with Crippen LogP contribution in [0.5, 0.6) is 0 Å². The molecule has 1 amide bonds. The smallest absolute Gasteiger partial charge is 0.311 e. The largest absolute Gasteiger partial charge is 0.469 e. The third-order valence-corrected chi connectivity index (χ3v) is 5.42. The van der Waals surface area contributed by atoms with Crippen molar-refractivity contribution < 1.29 is 14.3 Å². The van der Waals surface area contributed by atoms with Gasteiger partial charge in [-0.1, -0.05) is 30.3 Å². The molecule has 2 atom stereocenters. The van der Waals surface area contributed by atoms with Gasteiger partial charge in [0.25, 0.3) is 5.91 Å². The Kier molecular flexibility index (Phi) is 7.40. The third kappa shape index (κ3) is 5.94. The van der Waals surface area contributed by atoms with Crippen molar-refractivity contribution in [3.8, 4) is 11.1 Å². The van der Waals surface area contributed by atoms with Crippen LogP contribution in [0.2, 0.25) is 0 Å². The van der Waals surface area contributed by atoms with E-state index in [1.54, 1.807) is 61.7 Å². The zero-order valence-electron chi connectivity index (χ0n) is 18.4. The SMILES string of the molecule is COC(=O)[C@H](Cc1cccc(C(=N)N)c1)[C@@H](C)NC(=O)c1ccc(-c2cc[nH]c(=O)c2)cc1. The number of carbonyl (C=O) groups excluding carboxylic acids is 2. The minimum Gasteiger partial charge on any atom is -0.469 e. The Bertz CT molecular complexity index is 1220. The molecule has 2 aromatic carbocycles. The summed E-state index contributed by atoms with van der Waals surface area (Å²) in [4.78, 5) is 39.3. The number of nitrogen functional groups attached to an aromatic ring is 1. The number of rotatable bonds is 8. The predicted octanol–water partition coefficient (Wildman–Crippen LogP) is 2.48. The average molecular weight is 447 g/mol. The average Bonchev–Trinajstić information content (AvgIpc) is 2.82. The van der Waals surface area contributed by atoms with Gasteiger partial charge in [0.1, 0.15) is 5.84 Å². The van der Waals surface area contributed by atoms with Crippen LogP contribution in [0, 0.1) is 11.3 Å². The number of aromatic nitrogens is 1. The number of esters is 1. The van der Waals surface area contributed by atoms with Crippen molar-refractivity contribution in [1.29, 1.82) is 5.41 Å². The number of methoxy groups -OCH3 is 1. The first kappa shape index (κ1) is 23.5. The summed E-state index contributed by atoms with van der Waals surface area (Å²) in [5, 5.41) is 10.5. The zero-order valence-corrected chi connectivity index (χ0v) is 18.4. The molecule has 8 nitrogen and oxygen atoms in total. The summed E-state index contributed by atoms with van der Waals surface area (Å²) in [6.45, 7) is 1.75. The van der Waals surface area contributed by atoms with Crippen LogP contribution in [0.15, 0.2) is 71.7 Å². The van der Waals surface area contributed by atoms with Gasteiger partial charge in [-0.25, -0.2) is 0 Å². The van der Waals surface area contributed by atoms with Crippen molar-refractivity contribution in [3.05, 3.63) is 93.9 Å². The molecule has 0 saturated heterocycles. The van der Waals surface area contributed by atoms with Crippen LogP contribution in [0.4, 0.5) is 0 Å². The molecule has 0 saturated carbocycles. The van der Waals surface area contributed by atoms with E-state index in [1.807, 2.05) is 6.07 Å². The fraction of sp³-hybridized carbons (Fsp3) is 0.200. The van der Waals surface area contributed by atoms with Crippen molar-refractivity contribution in [2.45, 2.75) is 19.4 Å². The first-order chi connectivity index (χ1) is 15.8. The number of ether oxygens (including phenoxy) is 1. The lowest BCUT2D eigenvalue weighted by Gasteiger charge is -2.23. The molecular formula is C25H26N4O4. The van der Waals surface area contributed by atoms with E-state index in [4.69, 9.17) is 15.9 Å². The van der Waals surface area contributed by atoms with Gasteiger partial charge in [-0.05, 0) is 54.3 Å². The Morgan fingerprint density at radius 2 is 1.79 bits per heavy atom. The molecule has 0 spiro atoms. The van der Waals surface area contributed by atoms with Crippen molar-refractivity contribution in [1.82, 2.24) is 10.3 Å². The van der Waals surface area contributed by atoms with Gasteiger partial charge in [0.2, 0.25) is 5.56 Å². The molecule has 0 radical (unpaired) electrons. The first-order valence-corrected chi connectivity index (χ1v) is 10.4. The van der Waals surface area contributed by atoms with Crippen molar-refractivity contribution in [3.63, 3.8) is 0 Å². The maximum atomic E-state index is 12.8. The second-order valence-electron chi connectivity index (χ2n) is 7.73. The van der Waals surface area contributed by atoms with Crippen LogP contribution >= 0.6 is 0 Å². The van der Waals surface area contributed by atoms with E-state index in [-0.39, 0.29) is 17.3 Å². The highest BCUT2D eigenvalue weighted by atomic mass is 16.5. The molecule has 0 aliphatic rings. The Hall–Kier alpha value is -4.20. The molecule has 170 valence electrons. The maximum Gasteiger partial charge on any atom is 0.311 e. The van der Waals surface area contributed by atoms with Gasteiger partial charge in [-0.3, -0.25) is 19.8 Å². The number of nitrogens with one attached hydrogen (secondary N) is 3. The molecule has 0 aliphatic heterocycles. The number of H-pyrrole nitrogens is 1. The molecule has 3 rings (SSSR count). The van der Waals surface area contributed by atoms with Gasteiger partial charge in [0, 0.05) is 29.4 Å². The summed E-state index contributed by atoms with van der Waals surface area (Å²) in [7, 11) is 1.31. The maximum absolute atomic E-state index is 12.8.